The topological polar surface area (TPSA) is 33.1 Å². The van der Waals surface area contributed by atoms with Gasteiger partial charge in [-0.25, -0.2) is 0 Å². The second kappa shape index (κ2) is 8.61. The number of alkyl halides is 3. The Balaban J connectivity index is 2.04. The molecule has 118 valence electrons. The van der Waals surface area contributed by atoms with Crippen LogP contribution in [0.4, 0.5) is 0 Å². The maximum absolute atomic E-state index is 7.40. The first-order valence-electron chi connectivity index (χ1n) is 6.81. The predicted octanol–water partition coefficient (Wildman–Crippen LogP) is 5.89. The Morgan fingerprint density at radius 3 is 2.60 bits per heavy atom. The molecule has 0 aromatic carbocycles. The van der Waals surface area contributed by atoms with Crippen molar-refractivity contribution < 1.29 is 4.74 Å². The third-order valence-corrected chi connectivity index (χ3v) is 6.68. The monoisotopic (exact) mass is 377 g/mol. The summed E-state index contributed by atoms with van der Waals surface area (Å²) in [5.41, 5.74) is 0. The normalized spacial score (nSPS) is 22.6. The number of nitrogens with one attached hydrogen (secondary N) is 1. The van der Waals surface area contributed by atoms with Crippen LogP contribution < -0.4 is 0 Å². The average Bonchev–Trinajstić information content (AvgIpc) is 2.30. The SMILES string of the molecule is CC1(C)SCCC(CCCCCOC(=N)C(Cl)(Cl)Cl)S1. The van der Waals surface area contributed by atoms with E-state index in [2.05, 4.69) is 37.4 Å². The average molecular weight is 379 g/mol. The van der Waals surface area contributed by atoms with Crippen LogP contribution in [0.5, 0.6) is 0 Å². The number of unbranched alkanes of at least 4 members (excludes halogenated alkanes) is 2. The molecule has 1 heterocycles. The fourth-order valence-corrected chi connectivity index (χ4v) is 5.50. The van der Waals surface area contributed by atoms with Crippen LogP contribution in [0.25, 0.3) is 0 Å². The van der Waals surface area contributed by atoms with E-state index in [1.807, 2.05) is 0 Å². The lowest BCUT2D eigenvalue weighted by atomic mass is 10.1. The Labute approximate surface area is 145 Å². The summed E-state index contributed by atoms with van der Waals surface area (Å²) >= 11 is 20.8. The molecular weight excluding hydrogens is 357 g/mol. The highest BCUT2D eigenvalue weighted by molar-refractivity contribution is 8.19. The zero-order valence-corrected chi connectivity index (χ0v) is 15.8. The summed E-state index contributed by atoms with van der Waals surface area (Å²) in [5, 5.41) is 8.18. The highest BCUT2D eigenvalue weighted by Crippen LogP contribution is 2.46. The lowest BCUT2D eigenvalue weighted by molar-refractivity contribution is 0.284. The van der Waals surface area contributed by atoms with Gasteiger partial charge in [0.15, 0.2) is 0 Å². The molecule has 0 aromatic heterocycles. The quantitative estimate of drug-likeness (QED) is 0.271. The zero-order chi connectivity index (χ0) is 15.2. The van der Waals surface area contributed by atoms with E-state index < -0.39 is 3.79 Å². The second-order valence-corrected chi connectivity index (χ2v) is 11.5. The summed E-state index contributed by atoms with van der Waals surface area (Å²) in [6.45, 7) is 5.07. The smallest absolute Gasteiger partial charge is 0.265 e. The molecule has 0 aliphatic carbocycles. The molecule has 0 aromatic rings. The van der Waals surface area contributed by atoms with Crippen LogP contribution in [-0.4, -0.2) is 31.4 Å². The van der Waals surface area contributed by atoms with Gasteiger partial charge in [-0.3, -0.25) is 5.41 Å². The van der Waals surface area contributed by atoms with Crippen LogP contribution in [0.15, 0.2) is 0 Å². The molecule has 2 nitrogen and oxygen atoms in total. The number of halogens is 3. The van der Waals surface area contributed by atoms with Crippen LogP contribution in [-0.2, 0) is 4.74 Å². The van der Waals surface area contributed by atoms with Crippen LogP contribution in [0, 0.1) is 5.41 Å². The molecule has 1 saturated heterocycles. The molecule has 0 amide bonds. The maximum atomic E-state index is 7.40. The van der Waals surface area contributed by atoms with E-state index >= 15 is 0 Å². The van der Waals surface area contributed by atoms with Gasteiger partial charge in [0.05, 0.1) is 10.7 Å². The van der Waals surface area contributed by atoms with Gasteiger partial charge in [-0.15, -0.1) is 23.5 Å². The van der Waals surface area contributed by atoms with Crippen molar-refractivity contribution in [2.75, 3.05) is 12.4 Å². The van der Waals surface area contributed by atoms with Crippen molar-refractivity contribution in [1.82, 2.24) is 0 Å². The van der Waals surface area contributed by atoms with Gasteiger partial charge < -0.3 is 4.74 Å². The molecule has 1 aliphatic heterocycles. The molecule has 7 heteroatoms. The molecule has 1 aliphatic rings. The fraction of sp³-hybridized carbons (Fsp3) is 0.923. The molecule has 1 atom stereocenters. The van der Waals surface area contributed by atoms with E-state index in [0.29, 0.717) is 10.7 Å². The summed E-state index contributed by atoms with van der Waals surface area (Å²) < 4.78 is 3.74. The Kier molecular flexibility index (Phi) is 8.22. The Bertz CT molecular complexity index is 321. The summed E-state index contributed by atoms with van der Waals surface area (Å²) in [5.74, 6) is 0.984. The van der Waals surface area contributed by atoms with Crippen LogP contribution in [0.3, 0.4) is 0 Å². The minimum absolute atomic E-state index is 0.288. The van der Waals surface area contributed by atoms with E-state index in [-0.39, 0.29) is 5.90 Å². The van der Waals surface area contributed by atoms with Crippen molar-refractivity contribution in [2.45, 2.75) is 59.1 Å². The minimum atomic E-state index is -1.73. The van der Waals surface area contributed by atoms with E-state index in [1.54, 1.807) is 0 Å². The fourth-order valence-electron chi connectivity index (χ4n) is 2.04. The first-order valence-corrected chi connectivity index (χ1v) is 9.81. The number of hydrogen-bond acceptors (Lipinski definition) is 4. The predicted molar refractivity (Wildman–Crippen MR) is 95.0 cm³/mol. The zero-order valence-electron chi connectivity index (χ0n) is 11.9. The summed E-state index contributed by atoms with van der Waals surface area (Å²) in [4.78, 5) is 0. The summed E-state index contributed by atoms with van der Waals surface area (Å²) in [7, 11) is 0. The number of hydrogen-bond donors (Lipinski definition) is 1. The van der Waals surface area contributed by atoms with Gasteiger partial charge in [0.25, 0.3) is 3.79 Å². The summed E-state index contributed by atoms with van der Waals surface area (Å²) in [6, 6.07) is 0. The second-order valence-electron chi connectivity index (χ2n) is 5.30. The third kappa shape index (κ3) is 7.88. The van der Waals surface area contributed by atoms with Crippen molar-refractivity contribution >= 4 is 64.2 Å². The maximum Gasteiger partial charge on any atom is 0.265 e. The van der Waals surface area contributed by atoms with Crippen LogP contribution in [0.2, 0.25) is 0 Å². The standard InChI is InChI=1S/C13H22Cl3NOS2/c1-12(2)19-9-7-10(20-12)6-4-3-5-8-18-11(17)13(14,15)16/h10,17H,3-9H2,1-2H3. The molecule has 0 radical (unpaired) electrons. The van der Waals surface area contributed by atoms with E-state index in [4.69, 9.17) is 44.9 Å². The van der Waals surface area contributed by atoms with Gasteiger partial charge >= 0.3 is 0 Å². The van der Waals surface area contributed by atoms with Crippen LogP contribution in [0.1, 0.15) is 46.0 Å². The Hall–Kier alpha value is 1.04. The van der Waals surface area contributed by atoms with Gasteiger partial charge in [-0.05, 0) is 38.9 Å². The lowest BCUT2D eigenvalue weighted by Crippen LogP contribution is -2.23. The Morgan fingerprint density at radius 2 is 2.00 bits per heavy atom. The van der Waals surface area contributed by atoms with Gasteiger partial charge in [-0.1, -0.05) is 47.6 Å². The number of thioether (sulfide) groups is 2. The Morgan fingerprint density at radius 1 is 1.30 bits per heavy atom. The summed E-state index contributed by atoms with van der Waals surface area (Å²) in [6.07, 6.45) is 5.77. The molecule has 20 heavy (non-hydrogen) atoms. The van der Waals surface area contributed by atoms with Crippen molar-refractivity contribution in [3.05, 3.63) is 0 Å². The van der Waals surface area contributed by atoms with Gasteiger partial charge in [0.2, 0.25) is 5.90 Å². The van der Waals surface area contributed by atoms with Gasteiger partial charge in [0.1, 0.15) is 0 Å². The first-order chi connectivity index (χ1) is 9.21. The lowest BCUT2D eigenvalue weighted by Gasteiger charge is -2.34. The molecule has 0 bridgehead atoms. The molecule has 1 rings (SSSR count). The molecule has 0 saturated carbocycles. The van der Waals surface area contributed by atoms with Gasteiger partial charge in [0, 0.05) is 5.25 Å². The molecular formula is C13H22Cl3NOS2. The first kappa shape index (κ1) is 19.1. The number of rotatable bonds is 6. The van der Waals surface area contributed by atoms with Crippen LogP contribution >= 0.6 is 58.3 Å². The van der Waals surface area contributed by atoms with Crippen molar-refractivity contribution in [1.29, 1.82) is 5.41 Å². The minimum Gasteiger partial charge on any atom is -0.478 e. The van der Waals surface area contributed by atoms with E-state index in [1.165, 1.54) is 25.0 Å². The van der Waals surface area contributed by atoms with Gasteiger partial charge in [-0.2, -0.15) is 0 Å². The van der Waals surface area contributed by atoms with Crippen molar-refractivity contribution in [2.24, 2.45) is 0 Å². The highest BCUT2D eigenvalue weighted by Gasteiger charge is 2.29. The number of ether oxygens (including phenoxy) is 1. The molecule has 1 fully saturated rings. The molecule has 0 spiro atoms. The van der Waals surface area contributed by atoms with E-state index in [9.17, 15) is 0 Å². The molecule has 1 unspecified atom stereocenters. The largest absolute Gasteiger partial charge is 0.478 e. The van der Waals surface area contributed by atoms with Crippen molar-refractivity contribution in [3.8, 4) is 0 Å². The third-order valence-electron chi connectivity index (χ3n) is 3.01. The highest BCUT2D eigenvalue weighted by atomic mass is 35.6. The molecule has 1 N–H and O–H groups in total. The van der Waals surface area contributed by atoms with Crippen molar-refractivity contribution in [3.63, 3.8) is 0 Å². The van der Waals surface area contributed by atoms with E-state index in [0.717, 1.165) is 18.1 Å².